The summed E-state index contributed by atoms with van der Waals surface area (Å²) < 4.78 is 38.0. The van der Waals surface area contributed by atoms with Crippen LogP contribution in [0.5, 0.6) is 0 Å². The van der Waals surface area contributed by atoms with Crippen LogP contribution in [0.15, 0.2) is 23.1 Å². The van der Waals surface area contributed by atoms with Gasteiger partial charge in [-0.1, -0.05) is 0 Å². The number of rotatable bonds is 4. The number of nitrogen functional groups attached to an aromatic ring is 1. The zero-order valence-electron chi connectivity index (χ0n) is 9.97. The third-order valence-corrected chi connectivity index (χ3v) is 4.03. The van der Waals surface area contributed by atoms with Gasteiger partial charge >= 0.3 is 0 Å². The van der Waals surface area contributed by atoms with E-state index in [1.54, 1.807) is 0 Å². The summed E-state index contributed by atoms with van der Waals surface area (Å²) in [6, 6.07) is 3.00. The Morgan fingerprint density at radius 2 is 2.06 bits per heavy atom. The van der Waals surface area contributed by atoms with Crippen LogP contribution in [0.3, 0.4) is 0 Å². The Bertz CT molecular complexity index is 539. The number of nitrogens with two attached hydrogens (primary N) is 1. The number of amides is 1. The Hall–Kier alpha value is -1.67. The van der Waals surface area contributed by atoms with E-state index in [1.165, 1.54) is 14.1 Å². The molecule has 3 N–H and O–H groups in total. The fourth-order valence-corrected chi connectivity index (χ4v) is 2.47. The van der Waals surface area contributed by atoms with Crippen molar-refractivity contribution in [2.75, 3.05) is 26.4 Å². The maximum atomic E-state index is 13.1. The average Bonchev–Trinajstić information content (AvgIpc) is 2.27. The summed E-state index contributed by atoms with van der Waals surface area (Å²) in [5.74, 6) is -1.22. The molecular formula is C10H14FN3O3S. The van der Waals surface area contributed by atoms with Crippen molar-refractivity contribution in [1.29, 1.82) is 0 Å². The molecule has 0 spiro atoms. The molecule has 0 heterocycles. The van der Waals surface area contributed by atoms with Gasteiger partial charge in [0.2, 0.25) is 15.9 Å². The van der Waals surface area contributed by atoms with Crippen LogP contribution in [-0.4, -0.2) is 39.3 Å². The van der Waals surface area contributed by atoms with Gasteiger partial charge in [-0.15, -0.1) is 0 Å². The second-order valence-electron chi connectivity index (χ2n) is 3.65. The normalized spacial score (nSPS) is 11.6. The molecule has 0 saturated carbocycles. The largest absolute Gasteiger partial charge is 0.399 e. The number of nitrogens with one attached hydrogen (secondary N) is 1. The molecule has 0 aliphatic carbocycles. The summed E-state index contributed by atoms with van der Waals surface area (Å²) in [5, 5.41) is 2.30. The lowest BCUT2D eigenvalue weighted by Gasteiger charge is -2.16. The molecular weight excluding hydrogens is 261 g/mol. The quantitative estimate of drug-likeness (QED) is 0.743. The number of nitrogens with zero attached hydrogens (tertiary/aromatic N) is 1. The monoisotopic (exact) mass is 275 g/mol. The van der Waals surface area contributed by atoms with Crippen LogP contribution >= 0.6 is 0 Å². The van der Waals surface area contributed by atoms with Gasteiger partial charge in [-0.25, -0.2) is 12.8 Å². The molecule has 100 valence electrons. The average molecular weight is 275 g/mol. The number of halogens is 1. The molecule has 0 unspecified atom stereocenters. The highest BCUT2D eigenvalue weighted by Crippen LogP contribution is 2.18. The first kappa shape index (κ1) is 14.4. The van der Waals surface area contributed by atoms with Crippen molar-refractivity contribution in [2.45, 2.75) is 4.90 Å². The van der Waals surface area contributed by atoms with E-state index < -0.39 is 21.7 Å². The van der Waals surface area contributed by atoms with Gasteiger partial charge in [-0.2, -0.15) is 4.31 Å². The highest BCUT2D eigenvalue weighted by molar-refractivity contribution is 7.89. The van der Waals surface area contributed by atoms with Crippen LogP contribution in [0.1, 0.15) is 0 Å². The summed E-state index contributed by atoms with van der Waals surface area (Å²) in [4.78, 5) is 10.8. The van der Waals surface area contributed by atoms with E-state index in [9.17, 15) is 17.6 Å². The molecule has 0 fully saturated rings. The molecule has 0 aliphatic rings. The first-order chi connectivity index (χ1) is 8.27. The molecule has 0 atom stereocenters. The van der Waals surface area contributed by atoms with Gasteiger partial charge < -0.3 is 11.1 Å². The maximum absolute atomic E-state index is 13.1. The van der Waals surface area contributed by atoms with Crippen LogP contribution in [0.2, 0.25) is 0 Å². The first-order valence-corrected chi connectivity index (χ1v) is 6.44. The van der Waals surface area contributed by atoms with Crippen LogP contribution < -0.4 is 11.1 Å². The summed E-state index contributed by atoms with van der Waals surface area (Å²) in [7, 11) is -1.32. The molecule has 6 nitrogen and oxygen atoms in total. The van der Waals surface area contributed by atoms with Gasteiger partial charge in [-0.05, 0) is 18.2 Å². The van der Waals surface area contributed by atoms with Gasteiger partial charge in [0.05, 0.1) is 11.4 Å². The van der Waals surface area contributed by atoms with Crippen molar-refractivity contribution in [3.05, 3.63) is 24.0 Å². The standard InChI is InChI=1S/C10H14FN3O3S/c1-13-10(15)6-14(2)18(16,17)9-4-7(11)3-8(12)5-9/h3-5H,6,12H2,1-2H3,(H,13,15). The minimum absolute atomic E-state index is 0.00178. The van der Waals surface area contributed by atoms with Gasteiger partial charge in [0.25, 0.3) is 0 Å². The lowest BCUT2D eigenvalue weighted by Crippen LogP contribution is -2.36. The molecule has 1 aromatic carbocycles. The molecule has 0 aliphatic heterocycles. The zero-order chi connectivity index (χ0) is 13.9. The van der Waals surface area contributed by atoms with Crippen molar-refractivity contribution < 1.29 is 17.6 Å². The van der Waals surface area contributed by atoms with E-state index in [1.807, 2.05) is 0 Å². The smallest absolute Gasteiger partial charge is 0.243 e. The molecule has 1 amide bonds. The number of sulfonamides is 1. The predicted octanol–water partition coefficient (Wildman–Crippen LogP) is -0.226. The Labute approximate surface area is 105 Å². The van der Waals surface area contributed by atoms with Crippen molar-refractivity contribution in [3.8, 4) is 0 Å². The Balaban J connectivity index is 3.09. The maximum Gasteiger partial charge on any atom is 0.243 e. The van der Waals surface area contributed by atoms with Gasteiger partial charge in [0, 0.05) is 19.8 Å². The van der Waals surface area contributed by atoms with Gasteiger partial charge in [-0.3, -0.25) is 4.79 Å². The molecule has 0 aromatic heterocycles. The first-order valence-electron chi connectivity index (χ1n) is 5.00. The van der Waals surface area contributed by atoms with Crippen LogP contribution in [0, 0.1) is 5.82 Å². The number of carbonyl (C=O) groups excluding carboxylic acids is 1. The van der Waals surface area contributed by atoms with Crippen LogP contribution in [-0.2, 0) is 14.8 Å². The molecule has 0 radical (unpaired) electrons. The van der Waals surface area contributed by atoms with Crippen molar-refractivity contribution in [3.63, 3.8) is 0 Å². The SMILES string of the molecule is CNC(=O)CN(C)S(=O)(=O)c1cc(N)cc(F)c1. The molecule has 18 heavy (non-hydrogen) atoms. The molecule has 0 saturated heterocycles. The lowest BCUT2D eigenvalue weighted by atomic mass is 10.3. The number of hydrogen-bond donors (Lipinski definition) is 2. The van der Waals surface area contributed by atoms with Crippen LogP contribution in [0.4, 0.5) is 10.1 Å². The number of likely N-dealkylation sites (N-methyl/N-ethyl adjacent to an activating group) is 2. The Morgan fingerprint density at radius 1 is 1.44 bits per heavy atom. The summed E-state index contributed by atoms with van der Waals surface area (Å²) in [5.41, 5.74) is 5.38. The topological polar surface area (TPSA) is 92.5 Å². The minimum atomic E-state index is -3.94. The zero-order valence-corrected chi connectivity index (χ0v) is 10.8. The molecule has 0 bridgehead atoms. The second kappa shape index (κ2) is 5.32. The Morgan fingerprint density at radius 3 is 2.56 bits per heavy atom. The van der Waals surface area contributed by atoms with E-state index in [0.717, 1.165) is 22.5 Å². The lowest BCUT2D eigenvalue weighted by molar-refractivity contribution is -0.120. The summed E-state index contributed by atoms with van der Waals surface area (Å²) >= 11 is 0. The minimum Gasteiger partial charge on any atom is -0.399 e. The molecule has 1 rings (SSSR count). The van der Waals surface area contributed by atoms with Gasteiger partial charge in [0.1, 0.15) is 5.82 Å². The number of carbonyl (C=O) groups is 1. The van der Waals surface area contributed by atoms with E-state index in [4.69, 9.17) is 5.73 Å². The predicted molar refractivity (Wildman–Crippen MR) is 64.7 cm³/mol. The summed E-state index contributed by atoms with van der Waals surface area (Å²) in [6.45, 7) is -0.352. The van der Waals surface area contributed by atoms with Crippen molar-refractivity contribution in [2.24, 2.45) is 0 Å². The number of hydrogen-bond acceptors (Lipinski definition) is 4. The van der Waals surface area contributed by atoms with E-state index in [0.29, 0.717) is 0 Å². The van der Waals surface area contributed by atoms with E-state index in [-0.39, 0.29) is 17.1 Å². The van der Waals surface area contributed by atoms with Crippen molar-refractivity contribution >= 4 is 21.6 Å². The third-order valence-electron chi connectivity index (χ3n) is 2.25. The third kappa shape index (κ3) is 3.17. The second-order valence-corrected chi connectivity index (χ2v) is 5.70. The van der Waals surface area contributed by atoms with E-state index >= 15 is 0 Å². The Kier molecular flexibility index (Phi) is 4.25. The molecule has 8 heteroatoms. The summed E-state index contributed by atoms with van der Waals surface area (Å²) in [6.07, 6.45) is 0. The highest BCUT2D eigenvalue weighted by Gasteiger charge is 2.23. The fourth-order valence-electron chi connectivity index (χ4n) is 1.28. The number of anilines is 1. The highest BCUT2D eigenvalue weighted by atomic mass is 32.2. The van der Waals surface area contributed by atoms with Crippen molar-refractivity contribution in [1.82, 2.24) is 9.62 Å². The molecule has 1 aromatic rings. The van der Waals surface area contributed by atoms with Crippen LogP contribution in [0.25, 0.3) is 0 Å². The van der Waals surface area contributed by atoms with Gasteiger partial charge in [0.15, 0.2) is 0 Å². The number of benzene rings is 1. The van der Waals surface area contributed by atoms with E-state index in [2.05, 4.69) is 5.32 Å². The fraction of sp³-hybridized carbons (Fsp3) is 0.300.